The zero-order chi connectivity index (χ0) is 21.9. The number of rotatable bonds is 6. The monoisotopic (exact) mass is 451 g/mol. The van der Waals surface area contributed by atoms with E-state index < -0.39 is 27.2 Å². The molecule has 0 saturated carbocycles. The Labute approximate surface area is 180 Å². The van der Waals surface area contributed by atoms with Crippen LogP contribution in [0.2, 0.25) is 5.02 Å². The number of para-hydroxylation sites is 1. The van der Waals surface area contributed by atoms with Gasteiger partial charge in [0.1, 0.15) is 11.6 Å². The van der Waals surface area contributed by atoms with Crippen LogP contribution in [-0.2, 0) is 14.8 Å². The predicted octanol–water partition coefficient (Wildman–Crippen LogP) is 3.70. The van der Waals surface area contributed by atoms with Crippen LogP contribution >= 0.6 is 11.6 Å². The summed E-state index contributed by atoms with van der Waals surface area (Å²) in [6.45, 7) is 2.89. The van der Waals surface area contributed by atoms with Crippen molar-refractivity contribution in [3.63, 3.8) is 0 Å². The molecule has 10 heteroatoms. The molecule has 0 radical (unpaired) electrons. The standard InChI is InChI=1S/C20H22ClN3O5S/c1-15-9-11-22(12-10-15)20(25)14-23(16-5-3-2-4-6-16)30(28,29)17-7-8-18(21)19(13-17)24(26)27/h2-8,13,15H,9-12,14H2,1H3. The van der Waals surface area contributed by atoms with E-state index in [2.05, 4.69) is 6.92 Å². The average molecular weight is 452 g/mol. The summed E-state index contributed by atoms with van der Waals surface area (Å²) in [7, 11) is -4.25. The Balaban J connectivity index is 1.97. The quantitative estimate of drug-likeness (QED) is 0.492. The van der Waals surface area contributed by atoms with Crippen molar-refractivity contribution in [2.24, 2.45) is 5.92 Å². The van der Waals surface area contributed by atoms with E-state index in [9.17, 15) is 23.3 Å². The minimum Gasteiger partial charge on any atom is -0.341 e. The minimum atomic E-state index is -4.25. The molecular weight excluding hydrogens is 430 g/mol. The van der Waals surface area contributed by atoms with Crippen LogP contribution in [0.3, 0.4) is 0 Å². The molecular formula is C20H22ClN3O5S. The van der Waals surface area contributed by atoms with Crippen molar-refractivity contribution in [2.45, 2.75) is 24.7 Å². The number of hydrogen-bond donors (Lipinski definition) is 0. The summed E-state index contributed by atoms with van der Waals surface area (Å²) in [5, 5.41) is 11.0. The summed E-state index contributed by atoms with van der Waals surface area (Å²) in [4.78, 5) is 24.7. The van der Waals surface area contributed by atoms with Crippen LogP contribution in [0.1, 0.15) is 19.8 Å². The third-order valence-electron chi connectivity index (χ3n) is 5.16. The number of sulfonamides is 1. The van der Waals surface area contributed by atoms with Gasteiger partial charge in [0.15, 0.2) is 0 Å². The highest BCUT2D eigenvalue weighted by atomic mass is 35.5. The van der Waals surface area contributed by atoms with Gasteiger partial charge < -0.3 is 4.90 Å². The van der Waals surface area contributed by atoms with Crippen LogP contribution in [0.25, 0.3) is 0 Å². The number of carbonyl (C=O) groups excluding carboxylic acids is 1. The van der Waals surface area contributed by atoms with Gasteiger partial charge in [-0.2, -0.15) is 0 Å². The summed E-state index contributed by atoms with van der Waals surface area (Å²) < 4.78 is 27.7. The molecule has 1 amide bonds. The number of nitro groups is 1. The van der Waals surface area contributed by atoms with Crippen LogP contribution < -0.4 is 4.31 Å². The van der Waals surface area contributed by atoms with Gasteiger partial charge in [0.2, 0.25) is 5.91 Å². The molecule has 3 rings (SSSR count). The van der Waals surface area contributed by atoms with Gasteiger partial charge in [-0.15, -0.1) is 0 Å². The molecule has 1 aliphatic heterocycles. The van der Waals surface area contributed by atoms with Crippen molar-refractivity contribution < 1.29 is 18.1 Å². The molecule has 2 aromatic rings. The summed E-state index contributed by atoms with van der Waals surface area (Å²) in [6.07, 6.45) is 1.74. The number of likely N-dealkylation sites (tertiary alicyclic amines) is 1. The SMILES string of the molecule is CC1CCN(C(=O)CN(c2ccccc2)S(=O)(=O)c2ccc(Cl)c([N+](=O)[O-])c2)CC1. The van der Waals surface area contributed by atoms with Gasteiger partial charge in [-0.25, -0.2) is 8.42 Å². The van der Waals surface area contributed by atoms with Crippen LogP contribution in [-0.4, -0.2) is 43.8 Å². The maximum atomic E-state index is 13.4. The maximum absolute atomic E-state index is 13.4. The Morgan fingerprint density at radius 3 is 2.43 bits per heavy atom. The molecule has 1 heterocycles. The van der Waals surface area contributed by atoms with Crippen molar-refractivity contribution in [1.82, 2.24) is 4.90 Å². The number of carbonyl (C=O) groups is 1. The first-order valence-corrected chi connectivity index (χ1v) is 11.3. The zero-order valence-electron chi connectivity index (χ0n) is 16.4. The van der Waals surface area contributed by atoms with Gasteiger partial charge in [0.25, 0.3) is 15.7 Å². The van der Waals surface area contributed by atoms with Crippen LogP contribution in [0.15, 0.2) is 53.4 Å². The van der Waals surface area contributed by atoms with E-state index in [0.717, 1.165) is 23.2 Å². The number of benzene rings is 2. The second-order valence-electron chi connectivity index (χ2n) is 7.28. The molecule has 0 unspecified atom stereocenters. The second-order valence-corrected chi connectivity index (χ2v) is 9.55. The van der Waals surface area contributed by atoms with E-state index in [-0.39, 0.29) is 15.8 Å². The molecule has 0 aliphatic carbocycles. The number of halogens is 1. The van der Waals surface area contributed by atoms with E-state index >= 15 is 0 Å². The number of hydrogen-bond acceptors (Lipinski definition) is 5. The van der Waals surface area contributed by atoms with Crippen LogP contribution in [0.4, 0.5) is 11.4 Å². The third kappa shape index (κ3) is 4.73. The van der Waals surface area contributed by atoms with Gasteiger partial charge >= 0.3 is 0 Å². The molecule has 2 aromatic carbocycles. The molecule has 30 heavy (non-hydrogen) atoms. The highest BCUT2D eigenvalue weighted by Gasteiger charge is 2.31. The molecule has 160 valence electrons. The van der Waals surface area contributed by atoms with Gasteiger partial charge in [0.05, 0.1) is 15.5 Å². The van der Waals surface area contributed by atoms with Crippen LogP contribution in [0, 0.1) is 16.0 Å². The Hall–Kier alpha value is -2.65. The zero-order valence-corrected chi connectivity index (χ0v) is 18.0. The van der Waals surface area contributed by atoms with Crippen molar-refractivity contribution in [2.75, 3.05) is 23.9 Å². The van der Waals surface area contributed by atoms with Crippen molar-refractivity contribution in [3.8, 4) is 0 Å². The fourth-order valence-corrected chi connectivity index (χ4v) is 4.93. The Morgan fingerprint density at radius 2 is 1.83 bits per heavy atom. The highest BCUT2D eigenvalue weighted by molar-refractivity contribution is 7.92. The average Bonchev–Trinajstić information content (AvgIpc) is 2.72. The van der Waals surface area contributed by atoms with Gasteiger partial charge in [-0.3, -0.25) is 19.2 Å². The van der Waals surface area contributed by atoms with E-state index in [0.29, 0.717) is 24.7 Å². The van der Waals surface area contributed by atoms with E-state index in [1.165, 1.54) is 12.1 Å². The lowest BCUT2D eigenvalue weighted by Gasteiger charge is -2.32. The lowest BCUT2D eigenvalue weighted by atomic mass is 9.99. The van der Waals surface area contributed by atoms with Gasteiger partial charge in [0, 0.05) is 19.2 Å². The van der Waals surface area contributed by atoms with E-state index in [1.54, 1.807) is 35.2 Å². The van der Waals surface area contributed by atoms with Gasteiger partial charge in [-0.1, -0.05) is 36.7 Å². The number of amides is 1. The highest BCUT2D eigenvalue weighted by Crippen LogP contribution is 2.30. The Kier molecular flexibility index (Phi) is 6.62. The first kappa shape index (κ1) is 22.0. The first-order chi connectivity index (χ1) is 14.2. The van der Waals surface area contributed by atoms with Crippen LogP contribution in [0.5, 0.6) is 0 Å². The molecule has 0 spiro atoms. The first-order valence-electron chi connectivity index (χ1n) is 9.49. The summed E-state index contributed by atoms with van der Waals surface area (Å²) in [5.74, 6) is 0.218. The predicted molar refractivity (Wildman–Crippen MR) is 114 cm³/mol. The molecule has 1 saturated heterocycles. The van der Waals surface area contributed by atoms with E-state index in [4.69, 9.17) is 11.6 Å². The van der Waals surface area contributed by atoms with Crippen molar-refractivity contribution in [3.05, 3.63) is 63.7 Å². The second kappa shape index (κ2) is 9.01. The van der Waals surface area contributed by atoms with Crippen molar-refractivity contribution >= 4 is 38.9 Å². The summed E-state index contributed by atoms with van der Waals surface area (Å²) >= 11 is 5.82. The molecule has 1 fully saturated rings. The lowest BCUT2D eigenvalue weighted by Crippen LogP contribution is -2.45. The number of nitrogens with zero attached hydrogens (tertiary/aromatic N) is 3. The fraction of sp³-hybridized carbons (Fsp3) is 0.350. The maximum Gasteiger partial charge on any atom is 0.289 e. The molecule has 0 bridgehead atoms. The Bertz CT molecular complexity index is 1040. The van der Waals surface area contributed by atoms with Crippen molar-refractivity contribution in [1.29, 1.82) is 0 Å². The summed E-state index contributed by atoms with van der Waals surface area (Å²) in [5.41, 5.74) is -0.212. The number of anilines is 1. The smallest absolute Gasteiger partial charge is 0.289 e. The fourth-order valence-electron chi connectivity index (χ4n) is 3.31. The third-order valence-corrected chi connectivity index (χ3v) is 7.25. The topological polar surface area (TPSA) is 101 Å². The van der Waals surface area contributed by atoms with Gasteiger partial charge in [-0.05, 0) is 43.0 Å². The normalized spacial score (nSPS) is 15.1. The molecule has 1 aliphatic rings. The lowest BCUT2D eigenvalue weighted by molar-refractivity contribution is -0.384. The minimum absolute atomic E-state index is 0.163. The molecule has 0 N–H and O–H groups in total. The number of nitro benzene ring substituents is 1. The molecule has 0 atom stereocenters. The molecule has 8 nitrogen and oxygen atoms in total. The van der Waals surface area contributed by atoms with E-state index in [1.807, 2.05) is 0 Å². The Morgan fingerprint density at radius 1 is 1.20 bits per heavy atom. The largest absolute Gasteiger partial charge is 0.341 e. The number of piperidine rings is 1. The molecule has 0 aromatic heterocycles. The summed E-state index contributed by atoms with van der Waals surface area (Å²) in [6, 6.07) is 11.5.